The Balaban J connectivity index is 2.34. The fraction of sp³-hybridized carbons (Fsp3) is 1.00. The molecule has 0 amide bonds. The molecule has 1 N–H and O–H groups in total. The first-order chi connectivity index (χ1) is 2.91. The van der Waals surface area contributed by atoms with Gasteiger partial charge in [-0.1, -0.05) is 0 Å². The van der Waals surface area contributed by atoms with E-state index in [0.29, 0.717) is 6.61 Å². The SMILES string of the molecule is [3H]OCCPC. The molecule has 0 spiro atoms. The van der Waals surface area contributed by atoms with Crippen molar-refractivity contribution in [1.29, 1.82) is 1.43 Å². The zero-order valence-electron chi connectivity index (χ0n) is 4.32. The molecule has 0 radical (unpaired) electrons. The summed E-state index contributed by atoms with van der Waals surface area (Å²) in [5.74, 6) is 0. The van der Waals surface area contributed by atoms with E-state index < -0.39 is 0 Å². The Bertz CT molecular complexity index is 22.8. The van der Waals surface area contributed by atoms with Gasteiger partial charge in [0.25, 0.3) is 0 Å². The molecule has 5 heavy (non-hydrogen) atoms. The summed E-state index contributed by atoms with van der Waals surface area (Å²) >= 11 is 0. The second kappa shape index (κ2) is 4.39. The van der Waals surface area contributed by atoms with Gasteiger partial charge in [-0.2, -0.15) is 0 Å². The van der Waals surface area contributed by atoms with Crippen LogP contribution in [0, 0.1) is 0 Å². The number of aliphatic hydroxyl groups excluding tert-OH is 1. The highest BCUT2D eigenvalue weighted by molar-refractivity contribution is 7.36. The maximum Gasteiger partial charge on any atom is 0.210 e. The zero-order valence-corrected chi connectivity index (χ0v) is 4.32. The number of hydrogen-bond acceptors (Lipinski definition) is 1. The van der Waals surface area contributed by atoms with Gasteiger partial charge in [-0.3, -0.25) is 0 Å². The summed E-state index contributed by atoms with van der Waals surface area (Å²) in [5.41, 5.74) is 0. The van der Waals surface area contributed by atoms with Gasteiger partial charge in [-0.15, -0.1) is 8.58 Å². The van der Waals surface area contributed by atoms with Crippen LogP contribution in [0.15, 0.2) is 0 Å². The second-order valence-corrected chi connectivity index (χ2v) is 2.01. The average molecular weight is 94.1 g/mol. The Kier molecular flexibility index (Phi) is 3.14. The standard InChI is InChI=1S/C3H9OP/c1-5-3-2-4/h4-5H,2-3H2,1H3/i4T. The lowest BCUT2D eigenvalue weighted by Crippen LogP contribution is -1.79. The third-order valence-electron chi connectivity index (χ3n) is 0.352. The Morgan fingerprint density at radius 2 is 3.00 bits per heavy atom. The van der Waals surface area contributed by atoms with E-state index in [1.165, 1.54) is 0 Å². The van der Waals surface area contributed by atoms with Crippen LogP contribution in [0.4, 0.5) is 0 Å². The maximum atomic E-state index is 6.21. The van der Waals surface area contributed by atoms with E-state index in [0.717, 1.165) is 14.7 Å². The Morgan fingerprint density at radius 3 is 3.20 bits per heavy atom. The lowest BCUT2D eigenvalue weighted by molar-refractivity contribution is 0.322. The van der Waals surface area contributed by atoms with E-state index >= 15 is 0 Å². The second-order valence-electron chi connectivity index (χ2n) is 0.808. The quantitative estimate of drug-likeness (QED) is 0.393. The van der Waals surface area contributed by atoms with Crippen LogP contribution < -0.4 is 0 Å². The minimum atomic E-state index is 0.592. The largest absolute Gasteiger partial charge is 0.396 e. The van der Waals surface area contributed by atoms with Crippen molar-refractivity contribution in [2.45, 2.75) is 0 Å². The summed E-state index contributed by atoms with van der Waals surface area (Å²) in [6.45, 7) is 2.69. The van der Waals surface area contributed by atoms with Gasteiger partial charge in [-0.05, 0) is 12.8 Å². The molecule has 0 aliphatic heterocycles. The van der Waals surface area contributed by atoms with Gasteiger partial charge in [0.1, 0.15) is 0 Å². The van der Waals surface area contributed by atoms with E-state index in [-0.39, 0.29) is 0 Å². The van der Waals surface area contributed by atoms with Gasteiger partial charge < -0.3 is 5.11 Å². The lowest BCUT2D eigenvalue weighted by Gasteiger charge is -1.80. The Morgan fingerprint density at radius 1 is 2.20 bits per heavy atom. The molecule has 0 heterocycles. The van der Waals surface area contributed by atoms with Gasteiger partial charge in [0.15, 0.2) is 0 Å². The molecule has 1 nitrogen and oxygen atoms in total. The number of hydrogen-bond donors (Lipinski definition) is 1. The third-order valence-corrected chi connectivity index (χ3v) is 1.06. The summed E-state index contributed by atoms with van der Waals surface area (Å²) in [6.07, 6.45) is 1.03. The highest BCUT2D eigenvalue weighted by atomic mass is 31.1. The molecule has 1 atom stereocenters. The van der Waals surface area contributed by atoms with Crippen LogP contribution >= 0.6 is 8.58 Å². The minimum absolute atomic E-state index is 0.592. The molecule has 2 heteroatoms. The fourth-order valence-corrected chi connectivity index (χ4v) is 0.306. The van der Waals surface area contributed by atoms with Crippen LogP contribution in [0.1, 0.15) is 0 Å². The summed E-state index contributed by atoms with van der Waals surface area (Å²) in [5, 5.41) is 4.04. The van der Waals surface area contributed by atoms with Crippen molar-refractivity contribution in [3.63, 3.8) is 0 Å². The molecule has 0 aromatic heterocycles. The summed E-state index contributed by atoms with van der Waals surface area (Å²) in [6, 6.07) is 0. The van der Waals surface area contributed by atoms with Gasteiger partial charge in [-0.25, -0.2) is 0 Å². The molecule has 0 aliphatic rings. The highest BCUT2D eigenvalue weighted by Crippen LogP contribution is 1.96. The van der Waals surface area contributed by atoms with Crippen molar-refractivity contribution in [1.82, 2.24) is 0 Å². The average Bonchev–Trinajstić information content (AvgIpc) is 1.61. The summed E-state index contributed by atoms with van der Waals surface area (Å²) in [4.78, 5) is 0. The summed E-state index contributed by atoms with van der Waals surface area (Å²) < 4.78 is 6.21. The van der Waals surface area contributed by atoms with Crippen molar-refractivity contribution < 1.29 is 5.11 Å². The molecule has 0 fully saturated rings. The molecule has 0 rings (SSSR count). The normalized spacial score (nSPS) is 13.4. The topological polar surface area (TPSA) is 20.2 Å². The number of rotatable bonds is 3. The van der Waals surface area contributed by atoms with Crippen molar-refractivity contribution in [2.75, 3.05) is 19.4 Å². The van der Waals surface area contributed by atoms with Crippen LogP contribution in [0.2, 0.25) is 0 Å². The van der Waals surface area contributed by atoms with E-state index in [9.17, 15) is 0 Å². The van der Waals surface area contributed by atoms with Crippen molar-refractivity contribution >= 4 is 8.58 Å². The van der Waals surface area contributed by atoms with Crippen LogP contribution in [0.25, 0.3) is 0 Å². The lowest BCUT2D eigenvalue weighted by atomic mass is 10.9. The smallest absolute Gasteiger partial charge is 0.210 e. The predicted molar refractivity (Wildman–Crippen MR) is 26.2 cm³/mol. The Labute approximate surface area is 35.7 Å². The van der Waals surface area contributed by atoms with E-state index in [2.05, 4.69) is 11.8 Å². The fourth-order valence-electron chi connectivity index (χ4n) is 0.102. The molecule has 0 bridgehead atoms. The first kappa shape index (κ1) is 3.58. The molecule has 32 valence electrons. The van der Waals surface area contributed by atoms with Crippen molar-refractivity contribution in [3.8, 4) is 0 Å². The summed E-state index contributed by atoms with van der Waals surface area (Å²) in [7, 11) is 0.920. The van der Waals surface area contributed by atoms with Gasteiger partial charge in [0.05, 0.1) is 0 Å². The minimum Gasteiger partial charge on any atom is -0.396 e. The van der Waals surface area contributed by atoms with Gasteiger partial charge in [0.2, 0.25) is 1.43 Å². The zero-order chi connectivity index (χ0) is 4.83. The Hall–Kier alpha value is 0.390. The van der Waals surface area contributed by atoms with Gasteiger partial charge >= 0.3 is 0 Å². The molecule has 0 aromatic carbocycles. The van der Waals surface area contributed by atoms with Crippen molar-refractivity contribution in [2.24, 2.45) is 0 Å². The molecule has 0 aromatic rings. The molecule has 0 saturated carbocycles. The van der Waals surface area contributed by atoms with Gasteiger partial charge in [0, 0.05) is 6.61 Å². The molecular formula is C3H9OP. The molecular weight excluding hydrogens is 83.0 g/mol. The third kappa shape index (κ3) is 4.39. The van der Waals surface area contributed by atoms with Crippen molar-refractivity contribution in [3.05, 3.63) is 0 Å². The molecule has 1 unspecified atom stereocenters. The first-order valence-corrected chi connectivity index (χ1v) is 3.35. The number of aliphatic hydroxyl groups is 1. The van der Waals surface area contributed by atoms with E-state index in [1.807, 2.05) is 0 Å². The van der Waals surface area contributed by atoms with Crippen LogP contribution in [-0.2, 0) is 0 Å². The monoisotopic (exact) mass is 94.0 g/mol. The van der Waals surface area contributed by atoms with Crippen LogP contribution in [-0.4, -0.2) is 26.0 Å². The van der Waals surface area contributed by atoms with Crippen LogP contribution in [0.5, 0.6) is 0 Å². The van der Waals surface area contributed by atoms with E-state index in [4.69, 9.17) is 1.43 Å². The van der Waals surface area contributed by atoms with Crippen LogP contribution in [0.3, 0.4) is 0 Å². The maximum absolute atomic E-state index is 6.21. The predicted octanol–water partition coefficient (Wildman–Crippen LogP) is 0.287. The molecule has 0 saturated heterocycles. The highest BCUT2D eigenvalue weighted by Gasteiger charge is 1.68. The molecule has 0 aliphatic carbocycles. The first-order valence-electron chi connectivity index (χ1n) is 2.05. The van der Waals surface area contributed by atoms with E-state index in [1.54, 1.807) is 0 Å².